The van der Waals surface area contributed by atoms with Crippen LogP contribution in [0.1, 0.15) is 18.5 Å². The Balaban J connectivity index is 2.07. The maximum absolute atomic E-state index is 14.6. The van der Waals surface area contributed by atoms with Crippen LogP contribution >= 0.6 is 0 Å². The molecule has 0 aliphatic carbocycles. The van der Waals surface area contributed by atoms with E-state index < -0.39 is 5.82 Å². The van der Waals surface area contributed by atoms with Gasteiger partial charge in [-0.15, -0.1) is 0 Å². The number of benzene rings is 2. The molecule has 3 aromatic rings. The van der Waals surface area contributed by atoms with E-state index >= 15 is 0 Å². The summed E-state index contributed by atoms with van der Waals surface area (Å²) in [4.78, 5) is 14.5. The van der Waals surface area contributed by atoms with E-state index in [0.717, 1.165) is 18.9 Å². The van der Waals surface area contributed by atoms with Crippen molar-refractivity contribution in [2.45, 2.75) is 12.8 Å². The van der Waals surface area contributed by atoms with E-state index in [1.165, 1.54) is 6.07 Å². The maximum Gasteiger partial charge on any atom is 0.363 e. The average molecular weight is 350 g/mol. The molecule has 7 heteroatoms. The lowest BCUT2D eigenvalue weighted by Crippen LogP contribution is -2.26. The summed E-state index contributed by atoms with van der Waals surface area (Å²) in [6, 6.07) is 12.8. The lowest BCUT2D eigenvalue weighted by Gasteiger charge is -2.21. The minimum atomic E-state index is -0.569. The van der Waals surface area contributed by atoms with Crippen molar-refractivity contribution in [3.63, 3.8) is 0 Å². The first-order valence-corrected chi connectivity index (χ1v) is 8.34. The third-order valence-corrected chi connectivity index (χ3v) is 4.71. The molecule has 26 heavy (non-hydrogen) atoms. The molecule has 0 saturated carbocycles. The molecule has 0 amide bonds. The van der Waals surface area contributed by atoms with Crippen LogP contribution in [-0.2, 0) is 0 Å². The van der Waals surface area contributed by atoms with Gasteiger partial charge in [0.2, 0.25) is 0 Å². The number of anilines is 1. The second kappa shape index (κ2) is 6.15. The smallest absolute Gasteiger partial charge is 0.363 e. The first kappa shape index (κ1) is 16.1. The molecule has 1 aromatic heterocycles. The third kappa shape index (κ3) is 2.39. The second-order valence-corrected chi connectivity index (χ2v) is 6.25. The van der Waals surface area contributed by atoms with Crippen LogP contribution in [-0.4, -0.2) is 17.8 Å². The molecule has 1 fully saturated rings. The van der Waals surface area contributed by atoms with E-state index in [0.29, 0.717) is 33.5 Å². The van der Waals surface area contributed by atoms with Gasteiger partial charge in [0, 0.05) is 23.6 Å². The molecule has 0 unspecified atom stereocenters. The summed E-state index contributed by atoms with van der Waals surface area (Å²) >= 11 is 0. The van der Waals surface area contributed by atoms with Crippen molar-refractivity contribution in [3.05, 3.63) is 64.1 Å². The maximum atomic E-state index is 14.6. The minimum Gasteiger partial charge on any atom is -0.805 e. The number of fused-ring (bicyclic) bond motifs is 1. The van der Waals surface area contributed by atoms with Crippen molar-refractivity contribution < 1.29 is 8.82 Å². The highest BCUT2D eigenvalue weighted by atomic mass is 19.1. The van der Waals surface area contributed by atoms with Gasteiger partial charge in [-0.05, 0) is 18.9 Å². The molecule has 0 bridgehead atoms. The van der Waals surface area contributed by atoms with E-state index in [2.05, 4.69) is 0 Å². The highest BCUT2D eigenvalue weighted by Crippen LogP contribution is 2.30. The van der Waals surface area contributed by atoms with Crippen molar-refractivity contribution in [3.8, 4) is 17.3 Å². The predicted molar refractivity (Wildman–Crippen MR) is 95.6 cm³/mol. The van der Waals surface area contributed by atoms with E-state index in [-0.39, 0.29) is 22.4 Å². The Morgan fingerprint density at radius 3 is 2.50 bits per heavy atom. The Morgan fingerprint density at radius 2 is 1.85 bits per heavy atom. The number of hydrogen-bond acceptors (Lipinski definition) is 4. The summed E-state index contributed by atoms with van der Waals surface area (Å²) in [5.41, 5.74) is 0.264. The lowest BCUT2D eigenvalue weighted by atomic mass is 10.1. The minimum absolute atomic E-state index is 0.0328. The Hall–Kier alpha value is -3.40. The average Bonchev–Trinajstić information content (AvgIpc) is 3.19. The quantitative estimate of drug-likeness (QED) is 0.665. The van der Waals surface area contributed by atoms with Gasteiger partial charge < -0.3 is 14.8 Å². The van der Waals surface area contributed by atoms with Gasteiger partial charge in [-0.25, -0.2) is 4.39 Å². The van der Waals surface area contributed by atoms with E-state index in [9.17, 15) is 19.8 Å². The molecule has 0 atom stereocenters. The zero-order chi connectivity index (χ0) is 18.3. The zero-order valence-corrected chi connectivity index (χ0v) is 13.9. The van der Waals surface area contributed by atoms with Gasteiger partial charge in [0.05, 0.1) is 16.2 Å². The number of nitriles is 1. The molecule has 4 rings (SSSR count). The topological polar surface area (TPSA) is 78.0 Å². The Kier molecular flexibility index (Phi) is 3.81. The van der Waals surface area contributed by atoms with Crippen LogP contribution in [0.3, 0.4) is 0 Å². The Morgan fingerprint density at radius 1 is 1.15 bits per heavy atom. The molecule has 1 aliphatic rings. The SMILES string of the molecule is N#Cc1c(-c2ccccc2)n([O-])c2cc(N3CCCC3)c(F)cc2[n+]1=O. The fraction of sp³-hybridized carbons (Fsp3) is 0.211. The van der Waals surface area contributed by atoms with Gasteiger partial charge in [0.15, 0.2) is 11.9 Å². The summed E-state index contributed by atoms with van der Waals surface area (Å²) in [6.45, 7) is 1.42. The van der Waals surface area contributed by atoms with Crippen LogP contribution in [0, 0.1) is 27.3 Å². The molecular weight excluding hydrogens is 335 g/mol. The molecule has 0 radical (unpaired) electrons. The lowest BCUT2D eigenvalue weighted by molar-refractivity contribution is -0.467. The van der Waals surface area contributed by atoms with Crippen molar-refractivity contribution >= 4 is 16.7 Å². The standard InChI is InChI=1S/C19H15FN4O2/c20-14-10-16-17(11-15(14)22-8-4-5-9-22)24(26)19(18(12-21)23(16)25)13-6-2-1-3-7-13/h1-3,6-7,10-11H,4-5,8-9H2. The Bertz CT molecular complexity index is 1100. The van der Waals surface area contributed by atoms with Crippen LogP contribution in [0.15, 0.2) is 42.5 Å². The number of halogens is 1. The molecule has 130 valence electrons. The molecule has 0 N–H and O–H groups in total. The highest BCUT2D eigenvalue weighted by molar-refractivity contribution is 5.81. The van der Waals surface area contributed by atoms with Gasteiger partial charge in [0.1, 0.15) is 11.2 Å². The molecular formula is C19H15FN4O2. The van der Waals surface area contributed by atoms with Crippen molar-refractivity contribution in [1.29, 1.82) is 5.26 Å². The number of hydrogen-bond donors (Lipinski definition) is 0. The molecule has 1 aliphatic heterocycles. The normalized spacial score (nSPS) is 13.9. The van der Waals surface area contributed by atoms with Crippen LogP contribution in [0.4, 0.5) is 10.1 Å². The van der Waals surface area contributed by atoms with Crippen LogP contribution in [0.25, 0.3) is 22.3 Å². The monoisotopic (exact) mass is 350 g/mol. The first-order chi connectivity index (χ1) is 12.6. The van der Waals surface area contributed by atoms with Crippen LogP contribution < -0.4 is 9.33 Å². The molecule has 6 nitrogen and oxygen atoms in total. The van der Waals surface area contributed by atoms with Crippen molar-refractivity contribution in [2.24, 2.45) is 0 Å². The van der Waals surface area contributed by atoms with Crippen LogP contribution in [0.2, 0.25) is 0 Å². The van der Waals surface area contributed by atoms with Gasteiger partial charge in [-0.3, -0.25) is 0 Å². The van der Waals surface area contributed by atoms with Gasteiger partial charge >= 0.3 is 5.69 Å². The first-order valence-electron chi connectivity index (χ1n) is 8.34. The fourth-order valence-electron chi connectivity index (χ4n) is 3.45. The Labute approximate surface area is 148 Å². The fourth-order valence-corrected chi connectivity index (χ4v) is 3.45. The highest BCUT2D eigenvalue weighted by Gasteiger charge is 2.26. The molecule has 0 spiro atoms. The summed E-state index contributed by atoms with van der Waals surface area (Å²) in [7, 11) is 0. The van der Waals surface area contributed by atoms with Gasteiger partial charge in [0.25, 0.3) is 5.52 Å². The predicted octanol–water partition coefficient (Wildman–Crippen LogP) is 3.18. The van der Waals surface area contributed by atoms with Crippen molar-refractivity contribution in [2.75, 3.05) is 18.0 Å². The zero-order valence-electron chi connectivity index (χ0n) is 13.9. The van der Waals surface area contributed by atoms with E-state index in [4.69, 9.17) is 0 Å². The van der Waals surface area contributed by atoms with Crippen LogP contribution in [0.5, 0.6) is 0 Å². The molecule has 2 aromatic carbocycles. The largest absolute Gasteiger partial charge is 0.805 e. The summed E-state index contributed by atoms with van der Waals surface area (Å²) < 4.78 is 15.4. The summed E-state index contributed by atoms with van der Waals surface area (Å²) in [5, 5.41) is 22.4. The second-order valence-electron chi connectivity index (χ2n) is 6.25. The summed E-state index contributed by atoms with van der Waals surface area (Å²) in [5.74, 6) is -0.569. The number of aromatic nitrogens is 2. The van der Waals surface area contributed by atoms with Gasteiger partial charge in [-0.1, -0.05) is 30.3 Å². The number of rotatable bonds is 2. The summed E-state index contributed by atoms with van der Waals surface area (Å²) in [6.07, 6.45) is 1.91. The van der Waals surface area contributed by atoms with E-state index in [1.54, 1.807) is 36.4 Å². The third-order valence-electron chi connectivity index (χ3n) is 4.71. The molecule has 2 heterocycles. The van der Waals surface area contributed by atoms with E-state index in [1.807, 2.05) is 4.90 Å². The number of nitrogens with zero attached hydrogens (tertiary/aromatic N) is 4. The molecule has 1 saturated heterocycles. The van der Waals surface area contributed by atoms with Gasteiger partial charge in [-0.2, -0.15) is 5.26 Å². The van der Waals surface area contributed by atoms with Crippen molar-refractivity contribution in [1.82, 2.24) is 4.73 Å².